The molecule has 8 nitrogen and oxygen atoms in total. The Labute approximate surface area is 161 Å². The third kappa shape index (κ3) is 5.04. The zero-order valence-electron chi connectivity index (χ0n) is 15.1. The summed E-state index contributed by atoms with van der Waals surface area (Å²) < 4.78 is 5.16. The van der Waals surface area contributed by atoms with Crippen LogP contribution in [0.15, 0.2) is 65.4 Å². The summed E-state index contributed by atoms with van der Waals surface area (Å²) in [4.78, 5) is 39.7. The molecule has 0 aliphatic heterocycles. The van der Waals surface area contributed by atoms with E-state index < -0.39 is 5.91 Å². The number of hydrogen-bond acceptors (Lipinski definition) is 5. The molecule has 0 spiro atoms. The lowest BCUT2D eigenvalue weighted by Gasteiger charge is -2.08. The van der Waals surface area contributed by atoms with Gasteiger partial charge in [0.15, 0.2) is 0 Å². The molecule has 2 aromatic heterocycles. The highest BCUT2D eigenvalue weighted by Gasteiger charge is 2.12. The maximum Gasteiger partial charge on any atom is 0.274 e. The van der Waals surface area contributed by atoms with Crippen molar-refractivity contribution in [3.8, 4) is 0 Å². The van der Waals surface area contributed by atoms with E-state index in [4.69, 9.17) is 4.42 Å². The number of rotatable bonds is 6. The average molecular weight is 378 g/mol. The Bertz CT molecular complexity index is 982. The maximum atomic E-state index is 12.4. The molecular formula is C20H18N4O4. The van der Waals surface area contributed by atoms with E-state index in [0.717, 1.165) is 0 Å². The van der Waals surface area contributed by atoms with Gasteiger partial charge >= 0.3 is 0 Å². The second kappa shape index (κ2) is 8.63. The highest BCUT2D eigenvalue weighted by Crippen LogP contribution is 2.14. The number of pyridine rings is 1. The predicted molar refractivity (Wildman–Crippen MR) is 103 cm³/mol. The summed E-state index contributed by atoms with van der Waals surface area (Å²) in [5.74, 6) is -0.341. The van der Waals surface area contributed by atoms with Gasteiger partial charge in [0.1, 0.15) is 11.5 Å². The standard InChI is InChI=1S/C20H18N4O4/c1-13(25)23-15-4-6-16(7-5-15)24-20(27)18-11-14(8-9-21-18)19(26)22-12-17-3-2-10-28-17/h2-11H,12H2,1H3,(H,22,26)(H,23,25)(H,24,27). The molecule has 0 unspecified atom stereocenters. The van der Waals surface area contributed by atoms with Crippen molar-refractivity contribution in [2.45, 2.75) is 13.5 Å². The molecule has 3 N–H and O–H groups in total. The number of nitrogens with zero attached hydrogens (tertiary/aromatic N) is 1. The Kier molecular flexibility index (Phi) is 5.81. The fraction of sp³-hybridized carbons (Fsp3) is 0.100. The molecule has 8 heteroatoms. The van der Waals surface area contributed by atoms with Crippen LogP contribution in [0.2, 0.25) is 0 Å². The highest BCUT2D eigenvalue weighted by atomic mass is 16.3. The molecule has 142 valence electrons. The molecule has 0 saturated carbocycles. The van der Waals surface area contributed by atoms with Crippen LogP contribution in [0.3, 0.4) is 0 Å². The molecule has 0 aliphatic carbocycles. The van der Waals surface area contributed by atoms with Crippen LogP contribution >= 0.6 is 0 Å². The van der Waals surface area contributed by atoms with Gasteiger partial charge in [0.25, 0.3) is 11.8 Å². The van der Waals surface area contributed by atoms with Gasteiger partial charge in [0.2, 0.25) is 5.91 Å². The molecule has 3 amide bonds. The van der Waals surface area contributed by atoms with Crippen LogP contribution in [0.4, 0.5) is 11.4 Å². The van der Waals surface area contributed by atoms with Gasteiger partial charge < -0.3 is 20.4 Å². The fourth-order valence-electron chi connectivity index (χ4n) is 2.41. The SMILES string of the molecule is CC(=O)Nc1ccc(NC(=O)c2cc(C(=O)NCc3ccco3)ccn2)cc1. The van der Waals surface area contributed by atoms with E-state index in [2.05, 4.69) is 20.9 Å². The van der Waals surface area contributed by atoms with Crippen LogP contribution in [0.1, 0.15) is 33.5 Å². The van der Waals surface area contributed by atoms with Crippen molar-refractivity contribution >= 4 is 29.1 Å². The van der Waals surface area contributed by atoms with Gasteiger partial charge in [-0.1, -0.05) is 0 Å². The minimum absolute atomic E-state index is 0.108. The first-order chi connectivity index (χ1) is 13.5. The number of carbonyl (C=O) groups is 3. The first-order valence-corrected chi connectivity index (χ1v) is 8.47. The van der Waals surface area contributed by atoms with Crippen molar-refractivity contribution in [2.24, 2.45) is 0 Å². The summed E-state index contributed by atoms with van der Waals surface area (Å²) in [6, 6.07) is 13.1. The Balaban J connectivity index is 1.63. The molecule has 0 radical (unpaired) electrons. The molecule has 3 aromatic rings. The topological polar surface area (TPSA) is 113 Å². The fourth-order valence-corrected chi connectivity index (χ4v) is 2.41. The molecular weight excluding hydrogens is 360 g/mol. The summed E-state index contributed by atoms with van der Waals surface area (Å²) >= 11 is 0. The van der Waals surface area contributed by atoms with Crippen molar-refractivity contribution in [3.05, 3.63) is 78.0 Å². The van der Waals surface area contributed by atoms with Gasteiger partial charge in [-0.05, 0) is 48.5 Å². The van der Waals surface area contributed by atoms with E-state index in [0.29, 0.717) is 22.7 Å². The lowest BCUT2D eigenvalue weighted by molar-refractivity contribution is -0.114. The number of anilines is 2. The predicted octanol–water partition coefficient (Wildman–Crippen LogP) is 2.82. The number of amides is 3. The number of furan rings is 1. The number of hydrogen-bond donors (Lipinski definition) is 3. The van der Waals surface area contributed by atoms with E-state index in [9.17, 15) is 14.4 Å². The third-order valence-corrected chi connectivity index (χ3v) is 3.72. The van der Waals surface area contributed by atoms with Crippen molar-refractivity contribution in [3.63, 3.8) is 0 Å². The van der Waals surface area contributed by atoms with Crippen molar-refractivity contribution in [2.75, 3.05) is 10.6 Å². The maximum absolute atomic E-state index is 12.4. The van der Waals surface area contributed by atoms with Crippen molar-refractivity contribution in [1.82, 2.24) is 10.3 Å². The van der Waals surface area contributed by atoms with Crippen LogP contribution in [0.5, 0.6) is 0 Å². The number of benzene rings is 1. The molecule has 0 atom stereocenters. The van der Waals surface area contributed by atoms with Gasteiger partial charge in [-0.2, -0.15) is 0 Å². The molecule has 28 heavy (non-hydrogen) atoms. The average Bonchev–Trinajstić information content (AvgIpc) is 3.21. The Morgan fingerprint density at radius 2 is 1.68 bits per heavy atom. The minimum atomic E-state index is -0.451. The molecule has 1 aromatic carbocycles. The van der Waals surface area contributed by atoms with Crippen LogP contribution in [0.25, 0.3) is 0 Å². The summed E-state index contributed by atoms with van der Waals surface area (Å²) in [6.45, 7) is 1.66. The monoisotopic (exact) mass is 378 g/mol. The largest absolute Gasteiger partial charge is 0.467 e. The zero-order valence-corrected chi connectivity index (χ0v) is 15.1. The Hall–Kier alpha value is -3.94. The summed E-state index contributed by atoms with van der Waals surface area (Å²) in [6.07, 6.45) is 2.93. The highest BCUT2D eigenvalue weighted by molar-refractivity contribution is 6.04. The van der Waals surface area contributed by atoms with Gasteiger partial charge in [-0.3, -0.25) is 19.4 Å². The summed E-state index contributed by atoms with van der Waals surface area (Å²) in [7, 11) is 0. The normalized spacial score (nSPS) is 10.2. The first kappa shape index (κ1) is 18.8. The molecule has 0 aliphatic rings. The lowest BCUT2D eigenvalue weighted by Crippen LogP contribution is -2.23. The van der Waals surface area contributed by atoms with Crippen molar-refractivity contribution < 1.29 is 18.8 Å². The second-order valence-corrected chi connectivity index (χ2v) is 5.90. The number of aromatic nitrogens is 1. The van der Waals surface area contributed by atoms with E-state index in [1.54, 1.807) is 36.4 Å². The quantitative estimate of drug-likeness (QED) is 0.610. The molecule has 2 heterocycles. The van der Waals surface area contributed by atoms with Crippen LogP contribution in [-0.4, -0.2) is 22.7 Å². The summed E-state index contributed by atoms with van der Waals surface area (Å²) in [5.41, 5.74) is 1.58. The Morgan fingerprint density at radius 1 is 0.964 bits per heavy atom. The smallest absolute Gasteiger partial charge is 0.274 e. The third-order valence-electron chi connectivity index (χ3n) is 3.72. The molecule has 0 bridgehead atoms. The molecule has 0 saturated heterocycles. The van der Waals surface area contributed by atoms with Crippen LogP contribution < -0.4 is 16.0 Å². The first-order valence-electron chi connectivity index (χ1n) is 8.47. The van der Waals surface area contributed by atoms with Gasteiger partial charge in [-0.25, -0.2) is 0 Å². The van der Waals surface area contributed by atoms with Gasteiger partial charge in [-0.15, -0.1) is 0 Å². The van der Waals surface area contributed by atoms with Crippen molar-refractivity contribution in [1.29, 1.82) is 0 Å². The van der Waals surface area contributed by atoms with E-state index >= 15 is 0 Å². The zero-order chi connectivity index (χ0) is 19.9. The van der Waals surface area contributed by atoms with Gasteiger partial charge in [0.05, 0.1) is 12.8 Å². The number of nitrogens with one attached hydrogen (secondary N) is 3. The lowest BCUT2D eigenvalue weighted by atomic mass is 10.2. The Morgan fingerprint density at radius 3 is 2.32 bits per heavy atom. The van der Waals surface area contributed by atoms with E-state index in [1.807, 2.05) is 0 Å². The molecule has 0 fully saturated rings. The number of carbonyl (C=O) groups excluding carboxylic acids is 3. The summed E-state index contributed by atoms with van der Waals surface area (Å²) in [5, 5.41) is 8.05. The van der Waals surface area contributed by atoms with E-state index in [-0.39, 0.29) is 24.1 Å². The molecule has 3 rings (SSSR count). The van der Waals surface area contributed by atoms with Gasteiger partial charge in [0, 0.05) is 30.1 Å². The van der Waals surface area contributed by atoms with E-state index in [1.165, 1.54) is 31.5 Å². The minimum Gasteiger partial charge on any atom is -0.467 e. The van der Waals surface area contributed by atoms with Crippen LogP contribution in [0, 0.1) is 0 Å². The second-order valence-electron chi connectivity index (χ2n) is 5.90. The van der Waals surface area contributed by atoms with Crippen LogP contribution in [-0.2, 0) is 11.3 Å².